The van der Waals surface area contributed by atoms with Crippen LogP contribution in [0.3, 0.4) is 0 Å². The number of benzene rings is 1. The monoisotopic (exact) mass is 268 g/mol. The van der Waals surface area contributed by atoms with Crippen LogP contribution in [-0.2, 0) is 0 Å². The lowest BCUT2D eigenvalue weighted by atomic mass is 10.1. The fraction of sp³-hybridized carbons (Fsp3) is 0.0833. The van der Waals surface area contributed by atoms with Crippen molar-refractivity contribution in [3.8, 4) is 16.9 Å². The van der Waals surface area contributed by atoms with Gasteiger partial charge in [0, 0.05) is 16.1 Å². The highest BCUT2D eigenvalue weighted by molar-refractivity contribution is 7.12. The van der Waals surface area contributed by atoms with E-state index in [9.17, 15) is 4.79 Å². The molecule has 0 fully saturated rings. The maximum Gasteiger partial charge on any atom is 0.346 e. The molecule has 0 unspecified atom stereocenters. The van der Waals surface area contributed by atoms with Gasteiger partial charge in [-0.05, 0) is 29.6 Å². The molecule has 0 atom stereocenters. The van der Waals surface area contributed by atoms with Crippen LogP contribution >= 0.6 is 22.9 Å². The first-order valence-electron chi connectivity index (χ1n) is 4.78. The molecule has 0 saturated heterocycles. The molecule has 1 N–H and O–H groups in total. The summed E-state index contributed by atoms with van der Waals surface area (Å²) in [5.74, 6) is -0.340. The van der Waals surface area contributed by atoms with Crippen LogP contribution < -0.4 is 4.74 Å². The molecule has 2 rings (SSSR count). The number of carboxylic acid groups (broad SMARTS) is 1. The maximum atomic E-state index is 11.1. The lowest BCUT2D eigenvalue weighted by Crippen LogP contribution is -1.96. The first-order valence-corrected chi connectivity index (χ1v) is 6.04. The number of methoxy groups -OCH3 is 1. The zero-order valence-corrected chi connectivity index (χ0v) is 10.5. The molecule has 0 aliphatic heterocycles. The summed E-state index contributed by atoms with van der Waals surface area (Å²) in [5.41, 5.74) is 1.32. The van der Waals surface area contributed by atoms with Gasteiger partial charge in [0.1, 0.15) is 10.6 Å². The SMILES string of the molecule is COc1ccc(Cl)cc1-c1ccsc1C(=O)O. The average Bonchev–Trinajstić information content (AvgIpc) is 2.77. The van der Waals surface area contributed by atoms with Gasteiger partial charge in [-0.1, -0.05) is 11.6 Å². The summed E-state index contributed by atoms with van der Waals surface area (Å²) in [6, 6.07) is 6.88. The third-order valence-electron chi connectivity index (χ3n) is 2.31. The molecular formula is C12H9ClO3S. The van der Waals surface area contributed by atoms with Gasteiger partial charge < -0.3 is 9.84 Å². The summed E-state index contributed by atoms with van der Waals surface area (Å²) in [7, 11) is 1.54. The number of thiophene rings is 1. The van der Waals surface area contributed by atoms with E-state index >= 15 is 0 Å². The van der Waals surface area contributed by atoms with Crippen molar-refractivity contribution in [3.63, 3.8) is 0 Å². The van der Waals surface area contributed by atoms with Crippen LogP contribution in [0.25, 0.3) is 11.1 Å². The van der Waals surface area contributed by atoms with Crippen LogP contribution in [0.2, 0.25) is 5.02 Å². The average molecular weight is 269 g/mol. The number of carbonyl (C=O) groups is 1. The van der Waals surface area contributed by atoms with Crippen LogP contribution in [0.4, 0.5) is 0 Å². The third kappa shape index (κ3) is 2.28. The number of ether oxygens (including phenoxy) is 1. The molecule has 5 heteroatoms. The quantitative estimate of drug-likeness (QED) is 0.922. The molecule has 88 valence electrons. The number of hydrogen-bond donors (Lipinski definition) is 1. The number of carboxylic acids is 1. The van der Waals surface area contributed by atoms with Gasteiger partial charge in [-0.3, -0.25) is 0 Å². The molecule has 0 saturated carbocycles. The summed E-state index contributed by atoms with van der Waals surface area (Å²) in [4.78, 5) is 11.4. The fourth-order valence-electron chi connectivity index (χ4n) is 1.58. The fourth-order valence-corrected chi connectivity index (χ4v) is 2.50. The lowest BCUT2D eigenvalue weighted by Gasteiger charge is -2.08. The standard InChI is InChI=1S/C12H9ClO3S/c1-16-10-3-2-7(13)6-9(10)8-4-5-17-11(8)12(14)15/h2-6H,1H3,(H,14,15). The zero-order chi connectivity index (χ0) is 12.4. The van der Waals surface area contributed by atoms with E-state index in [0.717, 1.165) is 0 Å². The Labute approximate surface area is 107 Å². The highest BCUT2D eigenvalue weighted by atomic mass is 35.5. The molecule has 1 heterocycles. The van der Waals surface area contributed by atoms with Crippen molar-refractivity contribution in [1.29, 1.82) is 0 Å². The molecule has 1 aromatic carbocycles. The van der Waals surface area contributed by atoms with Gasteiger partial charge in [-0.25, -0.2) is 4.79 Å². The Morgan fingerprint density at radius 1 is 1.35 bits per heavy atom. The number of halogens is 1. The molecule has 1 aromatic heterocycles. The van der Waals surface area contributed by atoms with E-state index in [1.54, 1.807) is 36.8 Å². The van der Waals surface area contributed by atoms with Gasteiger partial charge in [-0.2, -0.15) is 0 Å². The highest BCUT2D eigenvalue weighted by Gasteiger charge is 2.16. The van der Waals surface area contributed by atoms with E-state index in [0.29, 0.717) is 21.9 Å². The van der Waals surface area contributed by atoms with Crippen molar-refractivity contribution in [1.82, 2.24) is 0 Å². The second-order valence-corrected chi connectivity index (χ2v) is 4.67. The Bertz CT molecular complexity index is 563. The van der Waals surface area contributed by atoms with Crippen molar-refractivity contribution < 1.29 is 14.6 Å². The minimum Gasteiger partial charge on any atom is -0.496 e. The molecule has 0 aliphatic rings. The maximum absolute atomic E-state index is 11.1. The number of aromatic carboxylic acids is 1. The number of hydrogen-bond acceptors (Lipinski definition) is 3. The van der Waals surface area contributed by atoms with Crippen LogP contribution in [0.5, 0.6) is 5.75 Å². The third-order valence-corrected chi connectivity index (χ3v) is 3.45. The van der Waals surface area contributed by atoms with Gasteiger partial charge in [0.25, 0.3) is 0 Å². The van der Waals surface area contributed by atoms with E-state index in [4.69, 9.17) is 21.4 Å². The summed E-state index contributed by atoms with van der Waals surface area (Å²) < 4.78 is 5.21. The van der Waals surface area contributed by atoms with E-state index in [1.807, 2.05) is 0 Å². The van der Waals surface area contributed by atoms with Crippen LogP contribution in [0, 0.1) is 0 Å². The van der Waals surface area contributed by atoms with Crippen molar-refractivity contribution in [2.45, 2.75) is 0 Å². The minimum absolute atomic E-state index is 0.283. The van der Waals surface area contributed by atoms with Gasteiger partial charge in [0.2, 0.25) is 0 Å². The Kier molecular flexibility index (Phi) is 3.36. The summed E-state index contributed by atoms with van der Waals surface area (Å²) >= 11 is 7.10. The van der Waals surface area contributed by atoms with E-state index in [1.165, 1.54) is 11.3 Å². The number of rotatable bonds is 3. The summed E-state index contributed by atoms with van der Waals surface area (Å²) in [6.45, 7) is 0. The summed E-state index contributed by atoms with van der Waals surface area (Å²) in [5, 5.41) is 11.4. The van der Waals surface area contributed by atoms with Crippen molar-refractivity contribution >= 4 is 28.9 Å². The zero-order valence-electron chi connectivity index (χ0n) is 8.94. The molecular weight excluding hydrogens is 260 g/mol. The minimum atomic E-state index is -0.947. The van der Waals surface area contributed by atoms with Gasteiger partial charge in [-0.15, -0.1) is 11.3 Å². The first-order chi connectivity index (χ1) is 8.13. The Morgan fingerprint density at radius 3 is 2.76 bits per heavy atom. The Morgan fingerprint density at radius 2 is 2.12 bits per heavy atom. The van der Waals surface area contributed by atoms with Gasteiger partial charge >= 0.3 is 5.97 Å². The van der Waals surface area contributed by atoms with Crippen molar-refractivity contribution in [3.05, 3.63) is 39.5 Å². The van der Waals surface area contributed by atoms with Gasteiger partial charge in [0.15, 0.2) is 0 Å². The topological polar surface area (TPSA) is 46.5 Å². The van der Waals surface area contributed by atoms with Crippen molar-refractivity contribution in [2.75, 3.05) is 7.11 Å². The second-order valence-electron chi connectivity index (χ2n) is 3.31. The predicted octanol–water partition coefficient (Wildman–Crippen LogP) is 3.78. The first kappa shape index (κ1) is 12.0. The Balaban J connectivity index is 2.63. The van der Waals surface area contributed by atoms with E-state index in [2.05, 4.69) is 0 Å². The van der Waals surface area contributed by atoms with Gasteiger partial charge in [0.05, 0.1) is 7.11 Å². The lowest BCUT2D eigenvalue weighted by molar-refractivity contribution is 0.0703. The molecule has 0 aliphatic carbocycles. The highest BCUT2D eigenvalue weighted by Crippen LogP contribution is 2.36. The molecule has 3 nitrogen and oxygen atoms in total. The predicted molar refractivity (Wildman–Crippen MR) is 68.3 cm³/mol. The normalized spacial score (nSPS) is 10.2. The van der Waals surface area contributed by atoms with E-state index < -0.39 is 5.97 Å². The molecule has 0 amide bonds. The van der Waals surface area contributed by atoms with Crippen LogP contribution in [0.15, 0.2) is 29.6 Å². The molecule has 2 aromatic rings. The molecule has 0 radical (unpaired) electrons. The van der Waals surface area contributed by atoms with Crippen molar-refractivity contribution in [2.24, 2.45) is 0 Å². The molecule has 17 heavy (non-hydrogen) atoms. The van der Waals surface area contributed by atoms with E-state index in [-0.39, 0.29) is 4.88 Å². The molecule has 0 bridgehead atoms. The Hall–Kier alpha value is -1.52. The largest absolute Gasteiger partial charge is 0.496 e. The van der Waals surface area contributed by atoms with Crippen LogP contribution in [-0.4, -0.2) is 18.2 Å². The smallest absolute Gasteiger partial charge is 0.346 e. The second kappa shape index (κ2) is 4.77. The molecule has 0 spiro atoms. The summed E-state index contributed by atoms with van der Waals surface area (Å²) in [6.07, 6.45) is 0. The van der Waals surface area contributed by atoms with Crippen LogP contribution in [0.1, 0.15) is 9.67 Å².